The van der Waals surface area contributed by atoms with Gasteiger partial charge in [0, 0.05) is 16.7 Å². The van der Waals surface area contributed by atoms with E-state index >= 15 is 0 Å². The van der Waals surface area contributed by atoms with E-state index in [-0.39, 0.29) is 17.4 Å². The molecule has 0 saturated heterocycles. The van der Waals surface area contributed by atoms with Gasteiger partial charge in [0.2, 0.25) is 11.8 Å². The van der Waals surface area contributed by atoms with Crippen LogP contribution in [0.1, 0.15) is 51.9 Å². The molecule has 0 bridgehead atoms. The van der Waals surface area contributed by atoms with Gasteiger partial charge in [0.15, 0.2) is 5.52 Å². The van der Waals surface area contributed by atoms with Crippen molar-refractivity contribution in [2.24, 2.45) is 0 Å². The number of anilines is 1. The molecule has 7 heteroatoms. The summed E-state index contributed by atoms with van der Waals surface area (Å²) in [4.78, 5) is 25.5. The molecule has 1 aromatic carbocycles. The van der Waals surface area contributed by atoms with Gasteiger partial charge in [-0.15, -0.1) is 0 Å². The molecule has 0 fully saturated rings. The molecule has 3 rings (SSSR count). The second-order valence-corrected chi connectivity index (χ2v) is 8.95. The predicted molar refractivity (Wildman–Crippen MR) is 115 cm³/mol. The van der Waals surface area contributed by atoms with Gasteiger partial charge in [0.1, 0.15) is 5.60 Å². The first-order chi connectivity index (χ1) is 13.4. The summed E-state index contributed by atoms with van der Waals surface area (Å²) in [5.41, 5.74) is 8.42. The van der Waals surface area contributed by atoms with Crippen molar-refractivity contribution < 1.29 is 9.53 Å². The lowest BCUT2D eigenvalue weighted by Gasteiger charge is -2.21. The van der Waals surface area contributed by atoms with E-state index in [1.165, 1.54) is 0 Å². The molecule has 29 heavy (non-hydrogen) atoms. The van der Waals surface area contributed by atoms with Crippen LogP contribution in [-0.2, 0) is 0 Å². The van der Waals surface area contributed by atoms with Crippen LogP contribution in [0, 0.1) is 0 Å². The fraction of sp³-hybridized carbons (Fsp3) is 0.364. The summed E-state index contributed by atoms with van der Waals surface area (Å²) in [5, 5.41) is 2.95. The van der Waals surface area contributed by atoms with Crippen LogP contribution in [0.15, 0.2) is 36.4 Å². The van der Waals surface area contributed by atoms with Gasteiger partial charge < -0.3 is 15.8 Å². The maximum Gasteiger partial charge on any atom is 0.251 e. The molecule has 0 aliphatic heterocycles. The normalized spacial score (nSPS) is 12.1. The van der Waals surface area contributed by atoms with E-state index in [9.17, 15) is 4.79 Å². The SMILES string of the molecule is CC(C)(C)NC(=O)c1ccc(-c2ccc3nc(N)nc(OC(C)(C)C)c3n2)cc1. The Morgan fingerprint density at radius 3 is 2.17 bits per heavy atom. The Bertz CT molecular complexity index is 1050. The quantitative estimate of drug-likeness (QED) is 0.698. The third-order valence-corrected chi connectivity index (χ3v) is 3.86. The number of pyridine rings is 1. The van der Waals surface area contributed by atoms with Crippen LogP contribution in [0.3, 0.4) is 0 Å². The van der Waals surface area contributed by atoms with E-state index in [0.717, 1.165) is 11.3 Å². The number of amides is 1. The lowest BCUT2D eigenvalue weighted by Crippen LogP contribution is -2.40. The summed E-state index contributed by atoms with van der Waals surface area (Å²) in [6.45, 7) is 11.6. The average molecular weight is 393 g/mol. The summed E-state index contributed by atoms with van der Waals surface area (Å²) in [6.07, 6.45) is 0. The van der Waals surface area contributed by atoms with Crippen molar-refractivity contribution in [3.63, 3.8) is 0 Å². The largest absolute Gasteiger partial charge is 0.470 e. The van der Waals surface area contributed by atoms with Crippen molar-refractivity contribution in [3.8, 4) is 17.1 Å². The fourth-order valence-electron chi connectivity index (χ4n) is 2.73. The highest BCUT2D eigenvalue weighted by Crippen LogP contribution is 2.28. The van der Waals surface area contributed by atoms with E-state index in [1.54, 1.807) is 12.1 Å². The van der Waals surface area contributed by atoms with E-state index in [2.05, 4.69) is 15.3 Å². The molecule has 0 spiro atoms. The number of nitrogens with zero attached hydrogens (tertiary/aromatic N) is 3. The van der Waals surface area contributed by atoms with Gasteiger partial charge >= 0.3 is 0 Å². The molecule has 0 saturated carbocycles. The number of nitrogens with two attached hydrogens (primary N) is 1. The lowest BCUT2D eigenvalue weighted by atomic mass is 10.1. The minimum absolute atomic E-state index is 0.111. The minimum atomic E-state index is -0.451. The first-order valence-electron chi connectivity index (χ1n) is 9.47. The Morgan fingerprint density at radius 1 is 0.931 bits per heavy atom. The Labute approximate surface area is 170 Å². The van der Waals surface area contributed by atoms with Gasteiger partial charge in [-0.1, -0.05) is 12.1 Å². The molecule has 3 N–H and O–H groups in total. The molecule has 0 aliphatic carbocycles. The number of nitrogens with one attached hydrogen (secondary N) is 1. The fourth-order valence-corrected chi connectivity index (χ4v) is 2.73. The summed E-state index contributed by atoms with van der Waals surface area (Å²) >= 11 is 0. The van der Waals surface area contributed by atoms with Crippen LogP contribution in [0.5, 0.6) is 5.88 Å². The van der Waals surface area contributed by atoms with Crippen molar-refractivity contribution in [1.29, 1.82) is 0 Å². The molecule has 0 unspecified atom stereocenters. The van der Waals surface area contributed by atoms with Gasteiger partial charge in [0.25, 0.3) is 5.91 Å². The zero-order valence-electron chi connectivity index (χ0n) is 17.7. The number of carbonyl (C=O) groups is 1. The van der Waals surface area contributed by atoms with Gasteiger partial charge in [-0.05, 0) is 65.8 Å². The Morgan fingerprint density at radius 2 is 1.59 bits per heavy atom. The molecule has 2 heterocycles. The Balaban J connectivity index is 1.97. The van der Waals surface area contributed by atoms with Crippen LogP contribution in [0.4, 0.5) is 5.95 Å². The molecule has 2 aromatic heterocycles. The highest BCUT2D eigenvalue weighted by molar-refractivity contribution is 5.95. The third kappa shape index (κ3) is 5.19. The number of ether oxygens (including phenoxy) is 1. The zero-order chi connectivity index (χ0) is 21.4. The monoisotopic (exact) mass is 393 g/mol. The van der Waals surface area contributed by atoms with Crippen LogP contribution >= 0.6 is 0 Å². The number of carbonyl (C=O) groups excluding carboxylic acids is 1. The number of hydrogen-bond acceptors (Lipinski definition) is 6. The molecule has 3 aromatic rings. The number of fused-ring (bicyclic) bond motifs is 1. The smallest absolute Gasteiger partial charge is 0.251 e. The molecule has 0 radical (unpaired) electrons. The number of rotatable bonds is 3. The molecule has 0 atom stereocenters. The first-order valence-corrected chi connectivity index (χ1v) is 9.47. The molecular formula is C22H27N5O2. The van der Waals surface area contributed by atoms with Gasteiger partial charge in [-0.2, -0.15) is 4.98 Å². The Kier molecular flexibility index (Phi) is 5.17. The molecule has 1 amide bonds. The topological polar surface area (TPSA) is 103 Å². The van der Waals surface area contributed by atoms with Crippen molar-refractivity contribution in [2.75, 3.05) is 5.73 Å². The number of aromatic nitrogens is 3. The van der Waals surface area contributed by atoms with E-state index in [4.69, 9.17) is 15.5 Å². The first kappa shape index (κ1) is 20.5. The van der Waals surface area contributed by atoms with Crippen molar-refractivity contribution >= 4 is 22.9 Å². The predicted octanol–water partition coefficient (Wildman–Crippen LogP) is 3.98. The van der Waals surface area contributed by atoms with Gasteiger partial charge in [0.05, 0.1) is 11.2 Å². The summed E-state index contributed by atoms with van der Waals surface area (Å²) in [7, 11) is 0. The highest BCUT2D eigenvalue weighted by atomic mass is 16.5. The maximum absolute atomic E-state index is 12.3. The van der Waals surface area contributed by atoms with Crippen LogP contribution < -0.4 is 15.8 Å². The Hall–Kier alpha value is -3.22. The lowest BCUT2D eigenvalue weighted by molar-refractivity contribution is 0.0919. The van der Waals surface area contributed by atoms with Gasteiger partial charge in [-0.3, -0.25) is 4.79 Å². The van der Waals surface area contributed by atoms with E-state index < -0.39 is 5.60 Å². The van der Waals surface area contributed by atoms with E-state index in [1.807, 2.05) is 65.8 Å². The third-order valence-electron chi connectivity index (χ3n) is 3.86. The molecular weight excluding hydrogens is 366 g/mol. The number of hydrogen-bond donors (Lipinski definition) is 2. The maximum atomic E-state index is 12.3. The summed E-state index contributed by atoms with van der Waals surface area (Å²) < 4.78 is 5.94. The zero-order valence-corrected chi connectivity index (χ0v) is 17.7. The van der Waals surface area contributed by atoms with Crippen LogP contribution in [0.2, 0.25) is 0 Å². The standard InChI is InChI=1S/C22H27N5O2/c1-21(2,3)27-18(28)14-9-7-13(8-10-14)15-11-12-16-17(24-15)19(26-20(23)25-16)29-22(4,5)6/h7-12H,1-6H3,(H,27,28)(H2,23,25,26). The molecule has 0 aliphatic rings. The van der Waals surface area contributed by atoms with Crippen molar-refractivity contribution in [2.45, 2.75) is 52.7 Å². The second kappa shape index (κ2) is 7.31. The average Bonchev–Trinajstić information content (AvgIpc) is 2.58. The molecule has 7 nitrogen and oxygen atoms in total. The summed E-state index contributed by atoms with van der Waals surface area (Å²) in [6, 6.07) is 11.0. The number of nitrogen functional groups attached to an aromatic ring is 1. The summed E-state index contributed by atoms with van der Waals surface area (Å²) in [5.74, 6) is 0.379. The minimum Gasteiger partial charge on any atom is -0.470 e. The van der Waals surface area contributed by atoms with Crippen molar-refractivity contribution in [3.05, 3.63) is 42.0 Å². The highest BCUT2D eigenvalue weighted by Gasteiger charge is 2.19. The molecule has 152 valence electrons. The van der Waals surface area contributed by atoms with Crippen LogP contribution in [0.25, 0.3) is 22.3 Å². The van der Waals surface area contributed by atoms with Crippen LogP contribution in [-0.4, -0.2) is 32.0 Å². The number of benzene rings is 1. The van der Waals surface area contributed by atoms with E-state index in [0.29, 0.717) is 22.5 Å². The van der Waals surface area contributed by atoms with Gasteiger partial charge in [-0.25, -0.2) is 9.97 Å². The second-order valence-electron chi connectivity index (χ2n) is 8.95. The van der Waals surface area contributed by atoms with Crippen molar-refractivity contribution in [1.82, 2.24) is 20.3 Å².